The predicted octanol–water partition coefficient (Wildman–Crippen LogP) is 2.44. The van der Waals surface area contributed by atoms with E-state index in [4.69, 9.17) is 0 Å². The quantitative estimate of drug-likeness (QED) is 0.921. The molecule has 1 fully saturated rings. The lowest BCUT2D eigenvalue weighted by Gasteiger charge is -2.38. The number of aryl methyl sites for hydroxylation is 1. The molecule has 24 heavy (non-hydrogen) atoms. The Hall–Kier alpha value is -2.30. The van der Waals surface area contributed by atoms with Crippen LogP contribution < -0.4 is 0 Å². The second kappa shape index (κ2) is 5.96. The van der Waals surface area contributed by atoms with Crippen LogP contribution in [0.4, 0.5) is 0 Å². The number of carbonyl (C=O) groups is 2. The molecule has 0 aliphatic carbocycles. The predicted molar refractivity (Wildman–Crippen MR) is 94.9 cm³/mol. The summed E-state index contributed by atoms with van der Waals surface area (Å²) < 4.78 is 0. The van der Waals surface area contributed by atoms with Gasteiger partial charge in [-0.3, -0.25) is 9.59 Å². The van der Waals surface area contributed by atoms with Gasteiger partial charge in [-0.15, -0.1) is 0 Å². The Morgan fingerprint density at radius 1 is 1.04 bits per heavy atom. The number of aromatic nitrogens is 1. The molecule has 0 atom stereocenters. The molecule has 5 nitrogen and oxygen atoms in total. The van der Waals surface area contributed by atoms with Crippen LogP contribution in [0, 0.1) is 6.92 Å². The maximum atomic E-state index is 13.2. The zero-order valence-electron chi connectivity index (χ0n) is 14.8. The van der Waals surface area contributed by atoms with Crippen LogP contribution in [0.2, 0.25) is 0 Å². The summed E-state index contributed by atoms with van der Waals surface area (Å²) in [7, 11) is 0. The van der Waals surface area contributed by atoms with Gasteiger partial charge in [0.1, 0.15) is 0 Å². The fourth-order valence-corrected chi connectivity index (χ4v) is 3.81. The van der Waals surface area contributed by atoms with E-state index in [9.17, 15) is 9.59 Å². The minimum Gasteiger partial charge on any atom is -0.358 e. The van der Waals surface area contributed by atoms with Crippen molar-refractivity contribution in [2.75, 3.05) is 26.2 Å². The van der Waals surface area contributed by atoms with Crippen LogP contribution in [-0.2, 0) is 15.0 Å². The molecule has 1 aromatic heterocycles. The fourth-order valence-electron chi connectivity index (χ4n) is 3.81. The van der Waals surface area contributed by atoms with Crippen molar-refractivity contribution in [3.8, 4) is 0 Å². The Morgan fingerprint density at radius 3 is 2.25 bits per heavy atom. The highest BCUT2D eigenvalue weighted by molar-refractivity contribution is 5.95. The summed E-state index contributed by atoms with van der Waals surface area (Å²) in [6.07, 6.45) is 0. The third-order valence-electron chi connectivity index (χ3n) is 5.07. The molecule has 0 spiro atoms. The van der Waals surface area contributed by atoms with Crippen molar-refractivity contribution in [3.05, 3.63) is 35.5 Å². The summed E-state index contributed by atoms with van der Waals surface area (Å²) in [6, 6.07) is 8.11. The molecule has 3 rings (SSSR count). The van der Waals surface area contributed by atoms with Crippen molar-refractivity contribution >= 4 is 22.7 Å². The summed E-state index contributed by atoms with van der Waals surface area (Å²) in [6.45, 7) is 10.0. The van der Waals surface area contributed by atoms with Crippen LogP contribution in [0.25, 0.3) is 10.9 Å². The molecule has 1 saturated heterocycles. The fraction of sp³-hybridized carbons (Fsp3) is 0.474. The summed E-state index contributed by atoms with van der Waals surface area (Å²) >= 11 is 0. The number of benzene rings is 1. The Bertz CT molecular complexity index is 783. The Labute approximate surface area is 142 Å². The van der Waals surface area contributed by atoms with E-state index < -0.39 is 5.41 Å². The topological polar surface area (TPSA) is 56.4 Å². The van der Waals surface area contributed by atoms with Crippen LogP contribution in [-0.4, -0.2) is 52.8 Å². The lowest BCUT2D eigenvalue weighted by molar-refractivity contribution is -0.141. The van der Waals surface area contributed by atoms with Crippen molar-refractivity contribution in [2.45, 2.75) is 33.1 Å². The molecule has 1 N–H and O–H groups in total. The van der Waals surface area contributed by atoms with Crippen LogP contribution in [0.1, 0.15) is 32.0 Å². The van der Waals surface area contributed by atoms with E-state index >= 15 is 0 Å². The van der Waals surface area contributed by atoms with Gasteiger partial charge in [0, 0.05) is 49.7 Å². The maximum Gasteiger partial charge on any atom is 0.232 e. The van der Waals surface area contributed by atoms with Crippen LogP contribution in [0.3, 0.4) is 0 Å². The van der Waals surface area contributed by atoms with Crippen LogP contribution in [0.5, 0.6) is 0 Å². The molecule has 1 aromatic carbocycles. The van der Waals surface area contributed by atoms with E-state index in [1.165, 1.54) is 0 Å². The summed E-state index contributed by atoms with van der Waals surface area (Å²) in [5.41, 5.74) is 2.56. The first kappa shape index (κ1) is 16.6. The molecule has 0 unspecified atom stereocenters. The average Bonchev–Trinajstić information content (AvgIpc) is 2.90. The van der Waals surface area contributed by atoms with Crippen LogP contribution >= 0.6 is 0 Å². The van der Waals surface area contributed by atoms with Crippen LogP contribution in [0.15, 0.2) is 24.3 Å². The van der Waals surface area contributed by atoms with Crippen molar-refractivity contribution < 1.29 is 9.59 Å². The van der Waals surface area contributed by atoms with Gasteiger partial charge < -0.3 is 14.8 Å². The number of hydrogen-bond acceptors (Lipinski definition) is 2. The molecule has 5 heteroatoms. The number of nitrogens with one attached hydrogen (secondary N) is 1. The molecule has 1 aliphatic heterocycles. The minimum absolute atomic E-state index is 0.0776. The highest BCUT2D eigenvalue weighted by atomic mass is 16.2. The van der Waals surface area contributed by atoms with Gasteiger partial charge in [-0.25, -0.2) is 0 Å². The molecular formula is C19H25N3O2. The summed E-state index contributed by atoms with van der Waals surface area (Å²) in [5, 5.41) is 1.11. The molecule has 1 aliphatic rings. The van der Waals surface area contributed by atoms with Gasteiger partial charge in [-0.2, -0.15) is 0 Å². The molecule has 128 valence electrons. The Balaban J connectivity index is 1.88. The zero-order valence-corrected chi connectivity index (χ0v) is 14.8. The Morgan fingerprint density at radius 2 is 1.62 bits per heavy atom. The lowest BCUT2D eigenvalue weighted by Crippen LogP contribution is -2.54. The van der Waals surface area contributed by atoms with E-state index in [0.717, 1.165) is 22.2 Å². The minimum atomic E-state index is -0.609. The maximum absolute atomic E-state index is 13.2. The van der Waals surface area contributed by atoms with Gasteiger partial charge in [0.2, 0.25) is 11.8 Å². The third kappa shape index (κ3) is 2.68. The first-order valence-corrected chi connectivity index (χ1v) is 8.45. The number of H-pyrrole nitrogens is 1. The number of carbonyl (C=O) groups excluding carboxylic acids is 2. The lowest BCUT2D eigenvalue weighted by atomic mass is 9.81. The van der Waals surface area contributed by atoms with E-state index in [-0.39, 0.29) is 11.8 Å². The second-order valence-corrected chi connectivity index (χ2v) is 7.09. The number of nitrogens with zero attached hydrogens (tertiary/aromatic N) is 2. The normalized spacial score (nSPS) is 15.8. The molecule has 0 saturated carbocycles. The van der Waals surface area contributed by atoms with E-state index in [2.05, 4.69) is 11.1 Å². The molecule has 0 radical (unpaired) electrons. The number of aromatic amines is 1. The monoisotopic (exact) mass is 327 g/mol. The summed E-state index contributed by atoms with van der Waals surface area (Å²) in [4.78, 5) is 31.7. The van der Waals surface area contributed by atoms with Crippen molar-refractivity contribution in [2.24, 2.45) is 0 Å². The van der Waals surface area contributed by atoms with Gasteiger partial charge in [0.15, 0.2) is 0 Å². The van der Waals surface area contributed by atoms with E-state index in [1.54, 1.807) is 11.8 Å². The highest BCUT2D eigenvalue weighted by Gasteiger charge is 2.38. The number of amides is 2. The first-order chi connectivity index (χ1) is 11.3. The van der Waals surface area contributed by atoms with Gasteiger partial charge in [0.25, 0.3) is 0 Å². The average molecular weight is 327 g/mol. The van der Waals surface area contributed by atoms with Gasteiger partial charge in [-0.05, 0) is 32.4 Å². The molecule has 2 amide bonds. The second-order valence-electron chi connectivity index (χ2n) is 7.09. The molecule has 2 heterocycles. The van der Waals surface area contributed by atoms with Gasteiger partial charge in [0.05, 0.1) is 5.41 Å². The molecular weight excluding hydrogens is 302 g/mol. The SMILES string of the molecule is CC(=O)N1CCN(C(=O)C(C)(C)c2c(C)[nH]c3ccccc23)CC1. The number of para-hydroxylation sites is 1. The van der Waals surface area contributed by atoms with Crippen molar-refractivity contribution in [3.63, 3.8) is 0 Å². The standard InChI is InChI=1S/C19H25N3O2/c1-13-17(15-7-5-6-8-16(15)20-13)19(3,4)18(24)22-11-9-21(10-12-22)14(2)23/h5-8,20H,9-12H2,1-4H3. The zero-order chi connectivity index (χ0) is 17.5. The largest absolute Gasteiger partial charge is 0.358 e. The van der Waals surface area contributed by atoms with Gasteiger partial charge in [-0.1, -0.05) is 18.2 Å². The van der Waals surface area contributed by atoms with Crippen molar-refractivity contribution in [1.82, 2.24) is 14.8 Å². The first-order valence-electron chi connectivity index (χ1n) is 8.45. The number of piperazine rings is 1. The van der Waals surface area contributed by atoms with E-state index in [0.29, 0.717) is 26.2 Å². The molecule has 2 aromatic rings. The number of rotatable bonds is 2. The third-order valence-corrected chi connectivity index (χ3v) is 5.07. The Kier molecular flexibility index (Phi) is 4.11. The number of hydrogen-bond donors (Lipinski definition) is 1. The van der Waals surface area contributed by atoms with Crippen molar-refractivity contribution in [1.29, 1.82) is 0 Å². The summed E-state index contributed by atoms with van der Waals surface area (Å²) in [5.74, 6) is 0.201. The number of fused-ring (bicyclic) bond motifs is 1. The van der Waals surface area contributed by atoms with Gasteiger partial charge >= 0.3 is 0 Å². The van der Waals surface area contributed by atoms with E-state index in [1.807, 2.05) is 43.9 Å². The molecule has 0 bridgehead atoms. The smallest absolute Gasteiger partial charge is 0.232 e. The highest BCUT2D eigenvalue weighted by Crippen LogP contribution is 2.35.